The van der Waals surface area contributed by atoms with Crippen LogP contribution in [0.25, 0.3) is 0 Å². The number of amides is 1. The van der Waals surface area contributed by atoms with Crippen LogP contribution in [0.5, 0.6) is 0 Å². The summed E-state index contributed by atoms with van der Waals surface area (Å²) in [7, 11) is 0. The lowest BCUT2D eigenvalue weighted by molar-refractivity contribution is -0.126. The average Bonchev–Trinajstić information content (AvgIpc) is 2.77. The van der Waals surface area contributed by atoms with Gasteiger partial charge in [0, 0.05) is 25.7 Å². The van der Waals surface area contributed by atoms with Crippen LogP contribution in [0.1, 0.15) is 12.8 Å². The Morgan fingerprint density at radius 2 is 2.14 bits per heavy atom. The lowest BCUT2D eigenvalue weighted by Gasteiger charge is -2.34. The molecule has 0 spiro atoms. The van der Waals surface area contributed by atoms with Crippen LogP contribution in [0.15, 0.2) is 0 Å². The molecule has 3 rings (SSSR count). The van der Waals surface area contributed by atoms with Crippen molar-refractivity contribution in [2.45, 2.75) is 18.9 Å². The van der Waals surface area contributed by atoms with Crippen LogP contribution in [0.4, 0.5) is 0 Å². The Kier molecular flexibility index (Phi) is 1.99. The van der Waals surface area contributed by atoms with Crippen LogP contribution in [-0.4, -0.2) is 54.6 Å². The van der Waals surface area contributed by atoms with Gasteiger partial charge in [-0.25, -0.2) is 0 Å². The van der Waals surface area contributed by atoms with Crippen molar-refractivity contribution in [1.29, 1.82) is 0 Å². The second-order valence-electron chi connectivity index (χ2n) is 4.76. The van der Waals surface area contributed by atoms with Crippen molar-refractivity contribution in [3.05, 3.63) is 0 Å². The highest BCUT2D eigenvalue weighted by Gasteiger charge is 2.36. The van der Waals surface area contributed by atoms with E-state index in [0.29, 0.717) is 18.5 Å². The molecule has 14 heavy (non-hydrogen) atoms. The SMILES string of the molecule is O=C1CN(C2CNC2)CN1CC1CC1. The van der Waals surface area contributed by atoms with Gasteiger partial charge in [0.1, 0.15) is 0 Å². The Balaban J connectivity index is 1.56. The molecular formula is C10H17N3O. The fourth-order valence-electron chi connectivity index (χ4n) is 2.17. The van der Waals surface area contributed by atoms with E-state index in [1.54, 1.807) is 0 Å². The Labute approximate surface area is 84.2 Å². The van der Waals surface area contributed by atoms with Gasteiger partial charge in [-0.05, 0) is 18.8 Å². The zero-order valence-corrected chi connectivity index (χ0v) is 8.41. The molecule has 1 saturated carbocycles. The molecule has 2 heterocycles. The van der Waals surface area contributed by atoms with Crippen LogP contribution >= 0.6 is 0 Å². The molecule has 1 aliphatic carbocycles. The van der Waals surface area contributed by atoms with E-state index in [1.807, 2.05) is 4.90 Å². The maximum atomic E-state index is 11.7. The fraction of sp³-hybridized carbons (Fsp3) is 0.900. The van der Waals surface area contributed by atoms with Crippen molar-refractivity contribution >= 4 is 5.91 Å². The number of nitrogens with zero attached hydrogens (tertiary/aromatic N) is 2. The van der Waals surface area contributed by atoms with E-state index >= 15 is 0 Å². The van der Waals surface area contributed by atoms with Gasteiger partial charge in [-0.1, -0.05) is 0 Å². The van der Waals surface area contributed by atoms with Crippen LogP contribution in [0.2, 0.25) is 0 Å². The Morgan fingerprint density at radius 1 is 1.36 bits per heavy atom. The number of nitrogens with one attached hydrogen (secondary N) is 1. The molecule has 2 aliphatic heterocycles. The third-order valence-electron chi connectivity index (χ3n) is 3.50. The highest BCUT2D eigenvalue weighted by Crippen LogP contribution is 2.30. The molecule has 1 amide bonds. The van der Waals surface area contributed by atoms with Crippen LogP contribution in [0.3, 0.4) is 0 Å². The lowest BCUT2D eigenvalue weighted by Crippen LogP contribution is -2.56. The summed E-state index contributed by atoms with van der Waals surface area (Å²) in [5, 5.41) is 3.25. The summed E-state index contributed by atoms with van der Waals surface area (Å²) >= 11 is 0. The minimum atomic E-state index is 0.337. The molecule has 0 atom stereocenters. The third-order valence-corrected chi connectivity index (χ3v) is 3.50. The molecule has 0 aromatic rings. The topological polar surface area (TPSA) is 35.6 Å². The first-order valence-corrected chi connectivity index (χ1v) is 5.55. The van der Waals surface area contributed by atoms with Gasteiger partial charge in [-0.15, -0.1) is 0 Å². The van der Waals surface area contributed by atoms with Crippen molar-refractivity contribution < 1.29 is 4.79 Å². The van der Waals surface area contributed by atoms with Gasteiger partial charge < -0.3 is 10.2 Å². The first-order valence-electron chi connectivity index (χ1n) is 5.55. The second-order valence-corrected chi connectivity index (χ2v) is 4.76. The first-order chi connectivity index (χ1) is 6.83. The predicted octanol–water partition coefficient (Wildman–Crippen LogP) is -0.530. The molecule has 1 N–H and O–H groups in total. The fourth-order valence-corrected chi connectivity index (χ4v) is 2.17. The van der Waals surface area contributed by atoms with Gasteiger partial charge >= 0.3 is 0 Å². The standard InChI is InChI=1S/C10H17N3O/c14-10-6-12(9-3-11-4-9)7-13(10)5-8-1-2-8/h8-9,11H,1-7H2. The van der Waals surface area contributed by atoms with Crippen molar-refractivity contribution in [1.82, 2.24) is 15.1 Å². The smallest absolute Gasteiger partial charge is 0.237 e. The van der Waals surface area contributed by atoms with Crippen molar-refractivity contribution in [2.24, 2.45) is 5.92 Å². The summed E-state index contributed by atoms with van der Waals surface area (Å²) in [6.45, 7) is 4.66. The zero-order valence-electron chi connectivity index (χ0n) is 8.41. The number of rotatable bonds is 3. The molecule has 3 aliphatic rings. The Bertz CT molecular complexity index is 248. The van der Waals surface area contributed by atoms with Gasteiger partial charge in [0.15, 0.2) is 0 Å². The first kappa shape index (κ1) is 8.68. The van der Waals surface area contributed by atoms with Crippen molar-refractivity contribution in [3.63, 3.8) is 0 Å². The Hall–Kier alpha value is -0.610. The molecule has 0 aromatic heterocycles. The van der Waals surface area contributed by atoms with E-state index in [9.17, 15) is 4.79 Å². The molecule has 3 fully saturated rings. The predicted molar refractivity (Wildman–Crippen MR) is 52.7 cm³/mol. The summed E-state index contributed by atoms with van der Waals surface area (Å²) in [5.74, 6) is 1.15. The molecule has 0 bridgehead atoms. The third kappa shape index (κ3) is 1.53. The number of carbonyl (C=O) groups is 1. The van der Waals surface area contributed by atoms with E-state index in [-0.39, 0.29) is 0 Å². The molecule has 78 valence electrons. The van der Waals surface area contributed by atoms with E-state index < -0.39 is 0 Å². The van der Waals surface area contributed by atoms with E-state index in [0.717, 1.165) is 32.2 Å². The number of hydrogen-bond acceptors (Lipinski definition) is 3. The van der Waals surface area contributed by atoms with Gasteiger partial charge in [-0.3, -0.25) is 9.69 Å². The summed E-state index contributed by atoms with van der Waals surface area (Å²) in [6.07, 6.45) is 2.66. The van der Waals surface area contributed by atoms with E-state index in [2.05, 4.69) is 10.2 Å². The van der Waals surface area contributed by atoms with Crippen molar-refractivity contribution in [2.75, 3.05) is 32.8 Å². The molecule has 0 radical (unpaired) electrons. The quantitative estimate of drug-likeness (QED) is 0.657. The molecule has 0 unspecified atom stereocenters. The van der Waals surface area contributed by atoms with Gasteiger partial charge in [0.05, 0.1) is 13.2 Å². The van der Waals surface area contributed by atoms with Crippen LogP contribution in [0, 0.1) is 5.92 Å². The summed E-state index contributed by atoms with van der Waals surface area (Å²) in [5.41, 5.74) is 0. The summed E-state index contributed by atoms with van der Waals surface area (Å²) in [4.78, 5) is 16.0. The molecule has 4 nitrogen and oxygen atoms in total. The highest BCUT2D eigenvalue weighted by atomic mass is 16.2. The molecule has 0 aromatic carbocycles. The van der Waals surface area contributed by atoms with E-state index in [1.165, 1.54) is 12.8 Å². The minimum Gasteiger partial charge on any atom is -0.328 e. The van der Waals surface area contributed by atoms with Gasteiger partial charge in [-0.2, -0.15) is 0 Å². The lowest BCUT2D eigenvalue weighted by atomic mass is 10.1. The molecule has 2 saturated heterocycles. The van der Waals surface area contributed by atoms with E-state index in [4.69, 9.17) is 0 Å². The van der Waals surface area contributed by atoms with Crippen molar-refractivity contribution in [3.8, 4) is 0 Å². The normalized spacial score (nSPS) is 29.7. The summed E-state index contributed by atoms with van der Waals surface area (Å²) < 4.78 is 0. The largest absolute Gasteiger partial charge is 0.328 e. The highest BCUT2D eigenvalue weighted by molar-refractivity contribution is 5.80. The maximum absolute atomic E-state index is 11.7. The monoisotopic (exact) mass is 195 g/mol. The molecular weight excluding hydrogens is 178 g/mol. The minimum absolute atomic E-state index is 0.337. The maximum Gasteiger partial charge on any atom is 0.237 e. The number of hydrogen-bond donors (Lipinski definition) is 1. The van der Waals surface area contributed by atoms with Crippen LogP contribution in [-0.2, 0) is 4.79 Å². The average molecular weight is 195 g/mol. The summed E-state index contributed by atoms with van der Waals surface area (Å²) in [6, 6.07) is 0.614. The second kappa shape index (κ2) is 3.21. The molecule has 4 heteroatoms. The number of carbonyl (C=O) groups excluding carboxylic acids is 1. The Morgan fingerprint density at radius 3 is 2.71 bits per heavy atom. The van der Waals surface area contributed by atoms with Gasteiger partial charge in [0.2, 0.25) is 5.91 Å². The zero-order chi connectivity index (χ0) is 9.54. The van der Waals surface area contributed by atoms with Crippen LogP contribution < -0.4 is 5.32 Å². The van der Waals surface area contributed by atoms with Gasteiger partial charge in [0.25, 0.3) is 0 Å².